The molecule has 3 rings (SSSR count). The molecule has 1 aliphatic heterocycles. The van der Waals surface area contributed by atoms with Crippen LogP contribution >= 0.6 is 0 Å². The lowest BCUT2D eigenvalue weighted by atomic mass is 9.97. The molecule has 0 aromatic heterocycles. The van der Waals surface area contributed by atoms with Gasteiger partial charge in [-0.05, 0) is 37.8 Å². The van der Waals surface area contributed by atoms with Gasteiger partial charge in [0, 0.05) is 30.8 Å². The number of nitro benzene ring substituents is 1. The van der Waals surface area contributed by atoms with Gasteiger partial charge in [0.2, 0.25) is 0 Å². The van der Waals surface area contributed by atoms with E-state index in [-0.39, 0.29) is 29.7 Å². The molecule has 128 valence electrons. The Morgan fingerprint density at radius 3 is 2.67 bits per heavy atom. The van der Waals surface area contributed by atoms with E-state index in [9.17, 15) is 19.7 Å². The lowest BCUT2D eigenvalue weighted by molar-refractivity contribution is -0.384. The molecule has 0 unspecified atom stereocenters. The Kier molecular flexibility index (Phi) is 4.37. The SMILES string of the molecule is O=C(O)[C@H]1CCCN(C(=O)c2ccc(NC3CC3)c([N+](=O)[O-])c2)C1. The second-order valence-corrected chi connectivity index (χ2v) is 6.34. The van der Waals surface area contributed by atoms with Crippen molar-refractivity contribution in [2.24, 2.45) is 5.92 Å². The molecular weight excluding hydrogens is 314 g/mol. The number of piperidine rings is 1. The summed E-state index contributed by atoms with van der Waals surface area (Å²) in [6.07, 6.45) is 3.14. The molecule has 1 aliphatic carbocycles. The van der Waals surface area contributed by atoms with Crippen LogP contribution in [0.3, 0.4) is 0 Å². The zero-order valence-corrected chi connectivity index (χ0v) is 13.1. The number of carboxylic acid groups (broad SMARTS) is 1. The van der Waals surface area contributed by atoms with Gasteiger partial charge in [-0.1, -0.05) is 0 Å². The van der Waals surface area contributed by atoms with Crippen molar-refractivity contribution < 1.29 is 19.6 Å². The summed E-state index contributed by atoms with van der Waals surface area (Å²) in [5.74, 6) is -1.85. The van der Waals surface area contributed by atoms with Crippen molar-refractivity contribution in [2.45, 2.75) is 31.7 Å². The van der Waals surface area contributed by atoms with E-state index < -0.39 is 16.8 Å². The van der Waals surface area contributed by atoms with Crippen molar-refractivity contribution >= 4 is 23.3 Å². The minimum atomic E-state index is -0.914. The largest absolute Gasteiger partial charge is 0.481 e. The summed E-state index contributed by atoms with van der Waals surface area (Å²) >= 11 is 0. The number of hydrogen-bond donors (Lipinski definition) is 2. The van der Waals surface area contributed by atoms with Gasteiger partial charge in [-0.15, -0.1) is 0 Å². The zero-order valence-electron chi connectivity index (χ0n) is 13.1. The summed E-state index contributed by atoms with van der Waals surface area (Å²) in [4.78, 5) is 35.9. The second-order valence-electron chi connectivity index (χ2n) is 6.34. The number of aliphatic carboxylic acids is 1. The Morgan fingerprint density at radius 1 is 1.29 bits per heavy atom. The summed E-state index contributed by atoms with van der Waals surface area (Å²) < 4.78 is 0. The highest BCUT2D eigenvalue weighted by Gasteiger charge is 2.30. The Labute approximate surface area is 138 Å². The fourth-order valence-corrected chi connectivity index (χ4v) is 2.93. The number of nitrogens with one attached hydrogen (secondary N) is 1. The van der Waals surface area contributed by atoms with E-state index in [0.29, 0.717) is 25.1 Å². The Bertz CT molecular complexity index is 686. The van der Waals surface area contributed by atoms with Gasteiger partial charge >= 0.3 is 5.97 Å². The summed E-state index contributed by atoms with van der Waals surface area (Å²) in [7, 11) is 0. The summed E-state index contributed by atoms with van der Waals surface area (Å²) in [5.41, 5.74) is 0.509. The maximum Gasteiger partial charge on any atom is 0.308 e. The highest BCUT2D eigenvalue weighted by atomic mass is 16.6. The molecule has 8 nitrogen and oxygen atoms in total. The topological polar surface area (TPSA) is 113 Å². The van der Waals surface area contributed by atoms with Gasteiger partial charge in [-0.2, -0.15) is 0 Å². The number of nitrogens with zero attached hydrogens (tertiary/aromatic N) is 2. The molecule has 1 aromatic rings. The summed E-state index contributed by atoms with van der Waals surface area (Å²) in [5, 5.41) is 23.5. The number of benzene rings is 1. The van der Waals surface area contributed by atoms with E-state index in [1.54, 1.807) is 12.1 Å². The second kappa shape index (κ2) is 6.46. The van der Waals surface area contributed by atoms with Crippen molar-refractivity contribution in [2.75, 3.05) is 18.4 Å². The first kappa shape index (κ1) is 16.2. The zero-order chi connectivity index (χ0) is 17.3. The van der Waals surface area contributed by atoms with Crippen LogP contribution in [-0.4, -0.2) is 45.9 Å². The molecule has 2 N–H and O–H groups in total. The minimum absolute atomic E-state index is 0.125. The lowest BCUT2D eigenvalue weighted by Crippen LogP contribution is -2.42. The van der Waals surface area contributed by atoms with Gasteiger partial charge in [0.05, 0.1) is 10.8 Å². The third-order valence-electron chi connectivity index (χ3n) is 4.44. The van der Waals surface area contributed by atoms with Gasteiger partial charge in [-0.3, -0.25) is 19.7 Å². The van der Waals surface area contributed by atoms with Crippen molar-refractivity contribution in [3.05, 3.63) is 33.9 Å². The average Bonchev–Trinajstić information content (AvgIpc) is 3.38. The standard InChI is InChI=1S/C16H19N3O5/c20-15(18-7-1-2-11(9-18)16(21)22)10-3-6-13(17-12-4-5-12)14(8-10)19(23)24/h3,6,8,11-12,17H,1-2,4-5,7,9H2,(H,21,22)/t11-/m0/s1. The van der Waals surface area contributed by atoms with Crippen LogP contribution in [0.2, 0.25) is 0 Å². The number of carboxylic acids is 1. The number of carbonyl (C=O) groups is 2. The van der Waals surface area contributed by atoms with Gasteiger partial charge in [0.25, 0.3) is 11.6 Å². The number of nitro groups is 1. The fourth-order valence-electron chi connectivity index (χ4n) is 2.93. The Morgan fingerprint density at radius 2 is 2.04 bits per heavy atom. The van der Waals surface area contributed by atoms with E-state index in [2.05, 4.69) is 5.32 Å². The van der Waals surface area contributed by atoms with Crippen LogP contribution in [0.5, 0.6) is 0 Å². The van der Waals surface area contributed by atoms with E-state index in [0.717, 1.165) is 12.8 Å². The first-order chi connectivity index (χ1) is 11.5. The van der Waals surface area contributed by atoms with E-state index in [1.807, 2.05) is 0 Å². The number of amides is 1. The molecule has 24 heavy (non-hydrogen) atoms. The van der Waals surface area contributed by atoms with Crippen LogP contribution in [0.4, 0.5) is 11.4 Å². The highest BCUT2D eigenvalue weighted by molar-refractivity contribution is 5.96. The molecule has 1 amide bonds. The summed E-state index contributed by atoms with van der Waals surface area (Å²) in [6.45, 7) is 0.614. The van der Waals surface area contributed by atoms with Crippen molar-refractivity contribution in [1.82, 2.24) is 4.90 Å². The molecule has 1 aromatic carbocycles. The fraction of sp³-hybridized carbons (Fsp3) is 0.500. The quantitative estimate of drug-likeness (QED) is 0.630. The lowest BCUT2D eigenvalue weighted by Gasteiger charge is -2.30. The molecule has 0 spiro atoms. The molecule has 0 bridgehead atoms. The molecule has 1 atom stereocenters. The Hall–Kier alpha value is -2.64. The van der Waals surface area contributed by atoms with Gasteiger partial charge in [0.1, 0.15) is 5.69 Å². The number of anilines is 1. The highest BCUT2D eigenvalue weighted by Crippen LogP contribution is 2.32. The van der Waals surface area contributed by atoms with Crippen LogP contribution < -0.4 is 5.32 Å². The van der Waals surface area contributed by atoms with Gasteiger partial charge in [-0.25, -0.2) is 0 Å². The number of likely N-dealkylation sites (tertiary alicyclic amines) is 1. The van der Waals surface area contributed by atoms with Gasteiger partial charge in [0.15, 0.2) is 0 Å². The molecular formula is C16H19N3O5. The number of rotatable bonds is 5. The molecule has 0 radical (unpaired) electrons. The predicted octanol–water partition coefficient (Wildman–Crippen LogP) is 2.11. The van der Waals surface area contributed by atoms with Gasteiger partial charge < -0.3 is 15.3 Å². The molecule has 1 saturated carbocycles. The Balaban J connectivity index is 1.80. The molecule has 8 heteroatoms. The van der Waals surface area contributed by atoms with Crippen LogP contribution in [-0.2, 0) is 4.79 Å². The monoisotopic (exact) mass is 333 g/mol. The van der Waals surface area contributed by atoms with Crippen LogP contribution in [0, 0.1) is 16.0 Å². The van der Waals surface area contributed by atoms with E-state index in [4.69, 9.17) is 5.11 Å². The molecule has 2 fully saturated rings. The third-order valence-corrected chi connectivity index (χ3v) is 4.44. The van der Waals surface area contributed by atoms with Crippen molar-refractivity contribution in [3.63, 3.8) is 0 Å². The normalized spacial score (nSPS) is 20.5. The third kappa shape index (κ3) is 3.47. The maximum atomic E-state index is 12.6. The van der Waals surface area contributed by atoms with Crippen LogP contribution in [0.1, 0.15) is 36.0 Å². The predicted molar refractivity (Wildman–Crippen MR) is 86.0 cm³/mol. The van der Waals surface area contributed by atoms with Crippen LogP contribution in [0.15, 0.2) is 18.2 Å². The van der Waals surface area contributed by atoms with Crippen molar-refractivity contribution in [1.29, 1.82) is 0 Å². The summed E-state index contributed by atoms with van der Waals surface area (Å²) in [6, 6.07) is 4.66. The van der Waals surface area contributed by atoms with Crippen molar-refractivity contribution in [3.8, 4) is 0 Å². The molecule has 1 saturated heterocycles. The molecule has 2 aliphatic rings. The first-order valence-electron chi connectivity index (χ1n) is 8.03. The van der Waals surface area contributed by atoms with E-state index >= 15 is 0 Å². The minimum Gasteiger partial charge on any atom is -0.481 e. The maximum absolute atomic E-state index is 12.6. The first-order valence-corrected chi connectivity index (χ1v) is 8.03. The average molecular weight is 333 g/mol. The number of carbonyl (C=O) groups excluding carboxylic acids is 1. The van der Waals surface area contributed by atoms with E-state index in [1.165, 1.54) is 11.0 Å². The van der Waals surface area contributed by atoms with Crippen LogP contribution in [0.25, 0.3) is 0 Å². The molecule has 1 heterocycles. The number of hydrogen-bond acceptors (Lipinski definition) is 5. The smallest absolute Gasteiger partial charge is 0.308 e.